The van der Waals surface area contributed by atoms with Gasteiger partial charge >= 0.3 is 5.69 Å². The number of thiazole rings is 1. The van der Waals surface area contributed by atoms with E-state index < -0.39 is 0 Å². The van der Waals surface area contributed by atoms with Gasteiger partial charge in [-0.15, -0.1) is 16.4 Å². The summed E-state index contributed by atoms with van der Waals surface area (Å²) in [4.78, 5) is 16.7. The average Bonchev–Trinajstić information content (AvgIpc) is 3.38. The number of aromatic amines is 1. The van der Waals surface area contributed by atoms with Gasteiger partial charge in [0.05, 0.1) is 18.3 Å². The van der Waals surface area contributed by atoms with E-state index in [1.54, 1.807) is 15.9 Å². The second-order valence-electron chi connectivity index (χ2n) is 6.00. The van der Waals surface area contributed by atoms with Gasteiger partial charge in [0.25, 0.3) is 0 Å². The molecule has 1 fully saturated rings. The second-order valence-corrected chi connectivity index (χ2v) is 8.23. The minimum atomic E-state index is -0.192. The molecule has 1 saturated heterocycles. The summed E-state index contributed by atoms with van der Waals surface area (Å²) in [5.41, 5.74) is 1.82. The van der Waals surface area contributed by atoms with Gasteiger partial charge in [0, 0.05) is 28.3 Å². The van der Waals surface area contributed by atoms with Gasteiger partial charge in [-0.2, -0.15) is 0 Å². The monoisotopic (exact) mass is 408 g/mol. The van der Waals surface area contributed by atoms with E-state index in [0.29, 0.717) is 22.5 Å². The van der Waals surface area contributed by atoms with Crippen LogP contribution in [0.5, 0.6) is 0 Å². The second kappa shape index (κ2) is 7.96. The highest BCUT2D eigenvalue weighted by atomic mass is 35.5. The molecule has 0 spiro atoms. The van der Waals surface area contributed by atoms with Crippen LogP contribution in [0.2, 0.25) is 5.02 Å². The number of rotatable bonds is 6. The molecule has 0 amide bonds. The van der Waals surface area contributed by atoms with Crippen molar-refractivity contribution in [3.8, 4) is 10.6 Å². The van der Waals surface area contributed by atoms with Crippen LogP contribution in [0, 0.1) is 0 Å². The Labute approximate surface area is 163 Å². The Morgan fingerprint density at radius 2 is 2.23 bits per heavy atom. The maximum Gasteiger partial charge on any atom is 0.344 e. The number of halogens is 1. The third-order valence-corrected chi connectivity index (χ3v) is 6.33. The summed E-state index contributed by atoms with van der Waals surface area (Å²) in [5.74, 6) is 0.653. The predicted molar refractivity (Wildman–Crippen MR) is 104 cm³/mol. The SMILES string of the molecule is O=c1[nH]nc(SCc2csc(-c3ccc(Cl)cc3)n2)n1CC1CCCO1. The van der Waals surface area contributed by atoms with Crippen LogP contribution in [-0.2, 0) is 17.0 Å². The zero-order chi connectivity index (χ0) is 17.9. The summed E-state index contributed by atoms with van der Waals surface area (Å²) in [5, 5.41) is 11.0. The summed E-state index contributed by atoms with van der Waals surface area (Å²) in [6, 6.07) is 7.65. The number of nitrogens with zero attached hydrogens (tertiary/aromatic N) is 3. The molecule has 1 aromatic carbocycles. The van der Waals surface area contributed by atoms with Gasteiger partial charge < -0.3 is 4.74 Å². The fraction of sp³-hybridized carbons (Fsp3) is 0.353. The minimum Gasteiger partial charge on any atom is -0.376 e. The zero-order valence-corrected chi connectivity index (χ0v) is 16.2. The van der Waals surface area contributed by atoms with E-state index >= 15 is 0 Å². The Hall–Kier alpha value is -1.61. The van der Waals surface area contributed by atoms with Crippen LogP contribution < -0.4 is 5.69 Å². The molecule has 1 aliphatic rings. The van der Waals surface area contributed by atoms with Crippen LogP contribution in [0.15, 0.2) is 39.6 Å². The Kier molecular flexibility index (Phi) is 5.44. The number of hydrogen-bond donors (Lipinski definition) is 1. The van der Waals surface area contributed by atoms with Crippen molar-refractivity contribution < 1.29 is 4.74 Å². The van der Waals surface area contributed by atoms with E-state index in [1.165, 1.54) is 11.8 Å². The van der Waals surface area contributed by atoms with Gasteiger partial charge in [0.15, 0.2) is 5.16 Å². The highest BCUT2D eigenvalue weighted by molar-refractivity contribution is 7.98. The van der Waals surface area contributed by atoms with Gasteiger partial charge in [-0.3, -0.25) is 4.57 Å². The maximum absolute atomic E-state index is 12.0. The lowest BCUT2D eigenvalue weighted by Crippen LogP contribution is -2.24. The van der Waals surface area contributed by atoms with Crippen LogP contribution >= 0.6 is 34.7 Å². The van der Waals surface area contributed by atoms with Gasteiger partial charge in [0.1, 0.15) is 5.01 Å². The summed E-state index contributed by atoms with van der Waals surface area (Å²) < 4.78 is 7.29. The quantitative estimate of drug-likeness (QED) is 0.627. The maximum atomic E-state index is 12.0. The van der Waals surface area contributed by atoms with Crippen molar-refractivity contribution in [3.05, 3.63) is 50.8 Å². The van der Waals surface area contributed by atoms with Gasteiger partial charge in [-0.05, 0) is 25.0 Å². The number of H-pyrrole nitrogens is 1. The Morgan fingerprint density at radius 3 is 3.00 bits per heavy atom. The van der Waals surface area contributed by atoms with Crippen molar-refractivity contribution in [2.75, 3.05) is 6.61 Å². The fourth-order valence-corrected chi connectivity index (χ4v) is 4.71. The first kappa shape index (κ1) is 17.8. The van der Waals surface area contributed by atoms with E-state index in [4.69, 9.17) is 16.3 Å². The van der Waals surface area contributed by atoms with Crippen LogP contribution in [0.4, 0.5) is 0 Å². The van der Waals surface area contributed by atoms with E-state index in [2.05, 4.69) is 15.2 Å². The van der Waals surface area contributed by atoms with E-state index in [1.807, 2.05) is 29.6 Å². The number of ether oxygens (including phenoxy) is 1. The molecule has 3 aromatic rings. The molecule has 9 heteroatoms. The van der Waals surface area contributed by atoms with Crippen LogP contribution in [0.1, 0.15) is 18.5 Å². The number of benzene rings is 1. The molecule has 0 aliphatic carbocycles. The van der Waals surface area contributed by atoms with Crippen molar-refractivity contribution in [1.82, 2.24) is 19.7 Å². The third-order valence-electron chi connectivity index (χ3n) is 4.13. The highest BCUT2D eigenvalue weighted by Gasteiger charge is 2.20. The molecule has 6 nitrogen and oxygen atoms in total. The average molecular weight is 409 g/mol. The first-order chi connectivity index (χ1) is 12.7. The lowest BCUT2D eigenvalue weighted by atomic mass is 10.2. The predicted octanol–water partition coefficient (Wildman–Crippen LogP) is 3.82. The summed E-state index contributed by atoms with van der Waals surface area (Å²) in [6.45, 7) is 1.32. The molecule has 0 radical (unpaired) electrons. The van der Waals surface area contributed by atoms with Crippen molar-refractivity contribution >= 4 is 34.7 Å². The van der Waals surface area contributed by atoms with Crippen molar-refractivity contribution in [2.45, 2.75) is 36.4 Å². The first-order valence-electron chi connectivity index (χ1n) is 8.29. The highest BCUT2D eigenvalue weighted by Crippen LogP contribution is 2.28. The molecule has 1 unspecified atom stereocenters. The van der Waals surface area contributed by atoms with Gasteiger partial charge in [0.2, 0.25) is 0 Å². The van der Waals surface area contributed by atoms with E-state index in [-0.39, 0.29) is 11.8 Å². The van der Waals surface area contributed by atoms with E-state index in [9.17, 15) is 4.79 Å². The van der Waals surface area contributed by atoms with Crippen LogP contribution in [-0.4, -0.2) is 32.5 Å². The summed E-state index contributed by atoms with van der Waals surface area (Å²) in [6.07, 6.45) is 2.13. The molecule has 4 rings (SSSR count). The largest absolute Gasteiger partial charge is 0.376 e. The van der Waals surface area contributed by atoms with Crippen molar-refractivity contribution in [3.63, 3.8) is 0 Å². The first-order valence-corrected chi connectivity index (χ1v) is 10.5. The fourth-order valence-electron chi connectivity index (χ4n) is 2.80. The summed E-state index contributed by atoms with van der Waals surface area (Å²) >= 11 is 9.03. The third kappa shape index (κ3) is 4.03. The van der Waals surface area contributed by atoms with Crippen molar-refractivity contribution in [2.24, 2.45) is 0 Å². The van der Waals surface area contributed by atoms with Gasteiger partial charge in [-0.25, -0.2) is 14.9 Å². The normalized spacial score (nSPS) is 17.0. The summed E-state index contributed by atoms with van der Waals surface area (Å²) in [7, 11) is 0. The molecule has 1 aliphatic heterocycles. The Morgan fingerprint density at radius 1 is 1.38 bits per heavy atom. The van der Waals surface area contributed by atoms with Crippen LogP contribution in [0.3, 0.4) is 0 Å². The molecule has 2 aromatic heterocycles. The molecular formula is C17H17ClN4O2S2. The number of nitrogens with one attached hydrogen (secondary N) is 1. The smallest absolute Gasteiger partial charge is 0.344 e. The standard InChI is InChI=1S/C17H17ClN4O2S2/c18-12-5-3-11(4-6-12)15-19-13(9-25-15)10-26-17-21-20-16(23)22(17)8-14-2-1-7-24-14/h3-6,9,14H,1-2,7-8,10H2,(H,20,23). The molecule has 136 valence electrons. The topological polar surface area (TPSA) is 72.8 Å². The minimum absolute atomic E-state index is 0.0976. The molecule has 0 bridgehead atoms. The lowest BCUT2D eigenvalue weighted by molar-refractivity contribution is 0.0941. The molecule has 1 atom stereocenters. The number of hydrogen-bond acceptors (Lipinski definition) is 6. The Balaban J connectivity index is 1.43. The zero-order valence-electron chi connectivity index (χ0n) is 13.9. The van der Waals surface area contributed by atoms with E-state index in [0.717, 1.165) is 35.7 Å². The molecule has 0 saturated carbocycles. The number of aromatic nitrogens is 4. The molecular weight excluding hydrogens is 392 g/mol. The Bertz CT molecular complexity index is 929. The number of thioether (sulfide) groups is 1. The lowest BCUT2D eigenvalue weighted by Gasteiger charge is -2.10. The molecule has 26 heavy (non-hydrogen) atoms. The van der Waals surface area contributed by atoms with Crippen LogP contribution in [0.25, 0.3) is 10.6 Å². The molecule has 3 heterocycles. The van der Waals surface area contributed by atoms with Crippen molar-refractivity contribution in [1.29, 1.82) is 0 Å². The molecule has 1 N–H and O–H groups in total. The van der Waals surface area contributed by atoms with Gasteiger partial charge in [-0.1, -0.05) is 35.5 Å².